The van der Waals surface area contributed by atoms with E-state index in [-0.39, 0.29) is 30.3 Å². The van der Waals surface area contributed by atoms with Crippen molar-refractivity contribution in [2.45, 2.75) is 25.8 Å². The molecule has 0 saturated carbocycles. The molecule has 0 heterocycles. The molecule has 0 aliphatic rings. The molecule has 2 unspecified atom stereocenters. The fourth-order valence-corrected chi connectivity index (χ4v) is 2.61. The number of hydrogen-bond acceptors (Lipinski definition) is 3. The van der Waals surface area contributed by atoms with Crippen LogP contribution in [0.15, 0.2) is 60.7 Å². The van der Waals surface area contributed by atoms with E-state index in [2.05, 4.69) is 17.4 Å². The molecule has 2 aromatic carbocycles. The molecule has 2 aromatic rings. The molecule has 2 rings (SSSR count). The van der Waals surface area contributed by atoms with Crippen molar-refractivity contribution in [3.05, 3.63) is 71.8 Å². The van der Waals surface area contributed by atoms with Gasteiger partial charge in [0.15, 0.2) is 0 Å². The SMILES string of the molecule is CC(C(=O)NCCCOCCc1ccccc1)C(N)c1ccccc1.Cl. The first kappa shape index (κ1) is 22.2. The molecular formula is C21H29ClN2O2. The molecule has 0 aromatic heterocycles. The Hall–Kier alpha value is -1.88. The van der Waals surface area contributed by atoms with Gasteiger partial charge in [-0.3, -0.25) is 4.79 Å². The first-order chi connectivity index (χ1) is 12.2. The lowest BCUT2D eigenvalue weighted by molar-refractivity contribution is -0.125. The Morgan fingerprint density at radius 3 is 2.31 bits per heavy atom. The molecule has 0 aliphatic heterocycles. The Morgan fingerprint density at radius 1 is 1.04 bits per heavy atom. The Morgan fingerprint density at radius 2 is 1.65 bits per heavy atom. The summed E-state index contributed by atoms with van der Waals surface area (Å²) < 4.78 is 5.62. The van der Waals surface area contributed by atoms with Crippen molar-refractivity contribution < 1.29 is 9.53 Å². The predicted octanol–water partition coefficient (Wildman–Crippen LogP) is 3.51. The maximum atomic E-state index is 12.2. The van der Waals surface area contributed by atoms with Crippen LogP contribution in [-0.4, -0.2) is 25.7 Å². The Labute approximate surface area is 162 Å². The lowest BCUT2D eigenvalue weighted by atomic mass is 9.95. The zero-order chi connectivity index (χ0) is 17.9. The minimum Gasteiger partial charge on any atom is -0.381 e. The second-order valence-electron chi connectivity index (χ2n) is 6.22. The summed E-state index contributed by atoms with van der Waals surface area (Å²) in [4.78, 5) is 12.2. The molecule has 0 fully saturated rings. The van der Waals surface area contributed by atoms with Crippen molar-refractivity contribution in [2.75, 3.05) is 19.8 Å². The molecule has 142 valence electrons. The predicted molar refractivity (Wildman–Crippen MR) is 108 cm³/mol. The summed E-state index contributed by atoms with van der Waals surface area (Å²) in [7, 11) is 0. The van der Waals surface area contributed by atoms with E-state index in [0.29, 0.717) is 19.8 Å². The van der Waals surface area contributed by atoms with Gasteiger partial charge in [-0.05, 0) is 24.0 Å². The van der Waals surface area contributed by atoms with Crippen molar-refractivity contribution in [3.8, 4) is 0 Å². The lowest BCUT2D eigenvalue weighted by Gasteiger charge is -2.19. The van der Waals surface area contributed by atoms with Crippen LogP contribution in [0.5, 0.6) is 0 Å². The van der Waals surface area contributed by atoms with E-state index in [1.54, 1.807) is 0 Å². The summed E-state index contributed by atoms with van der Waals surface area (Å²) in [5, 5.41) is 2.94. The Kier molecular flexibility index (Phi) is 10.6. The van der Waals surface area contributed by atoms with Gasteiger partial charge < -0.3 is 15.8 Å². The van der Waals surface area contributed by atoms with Gasteiger partial charge in [0.1, 0.15) is 0 Å². The van der Waals surface area contributed by atoms with Gasteiger partial charge in [0.25, 0.3) is 0 Å². The van der Waals surface area contributed by atoms with Gasteiger partial charge in [-0.2, -0.15) is 0 Å². The highest BCUT2D eigenvalue weighted by Crippen LogP contribution is 2.18. The van der Waals surface area contributed by atoms with Crippen LogP contribution in [0.4, 0.5) is 0 Å². The van der Waals surface area contributed by atoms with Gasteiger partial charge in [0.2, 0.25) is 5.91 Å². The van der Waals surface area contributed by atoms with E-state index in [9.17, 15) is 4.79 Å². The highest BCUT2D eigenvalue weighted by atomic mass is 35.5. The minimum absolute atomic E-state index is 0. The van der Waals surface area contributed by atoms with E-state index < -0.39 is 0 Å². The number of carbonyl (C=O) groups excluding carboxylic acids is 1. The molecule has 3 N–H and O–H groups in total. The van der Waals surface area contributed by atoms with Gasteiger partial charge in [0, 0.05) is 19.2 Å². The van der Waals surface area contributed by atoms with Gasteiger partial charge in [-0.15, -0.1) is 12.4 Å². The molecule has 5 heteroatoms. The first-order valence-electron chi connectivity index (χ1n) is 8.88. The normalized spacial score (nSPS) is 12.7. The molecule has 0 bridgehead atoms. The smallest absolute Gasteiger partial charge is 0.224 e. The summed E-state index contributed by atoms with van der Waals surface area (Å²) in [6, 6.07) is 19.7. The van der Waals surface area contributed by atoms with Crippen LogP contribution < -0.4 is 11.1 Å². The van der Waals surface area contributed by atoms with Crippen molar-refractivity contribution >= 4 is 18.3 Å². The highest BCUT2D eigenvalue weighted by molar-refractivity contribution is 5.85. The third-order valence-electron chi connectivity index (χ3n) is 4.28. The van der Waals surface area contributed by atoms with Crippen LogP contribution >= 0.6 is 12.4 Å². The summed E-state index contributed by atoms with van der Waals surface area (Å²) in [5.74, 6) is -0.276. The Bertz CT molecular complexity index is 622. The molecule has 1 amide bonds. The first-order valence-corrected chi connectivity index (χ1v) is 8.88. The largest absolute Gasteiger partial charge is 0.381 e. The maximum Gasteiger partial charge on any atom is 0.224 e. The number of rotatable bonds is 10. The number of ether oxygens (including phenoxy) is 1. The number of benzene rings is 2. The average Bonchev–Trinajstić information content (AvgIpc) is 2.67. The number of nitrogens with two attached hydrogens (primary N) is 1. The zero-order valence-electron chi connectivity index (χ0n) is 15.3. The maximum absolute atomic E-state index is 12.2. The average molecular weight is 377 g/mol. The topological polar surface area (TPSA) is 64.3 Å². The summed E-state index contributed by atoms with van der Waals surface area (Å²) >= 11 is 0. The van der Waals surface area contributed by atoms with Crippen LogP contribution in [0.2, 0.25) is 0 Å². The van der Waals surface area contributed by atoms with Gasteiger partial charge >= 0.3 is 0 Å². The number of carbonyl (C=O) groups is 1. The van der Waals surface area contributed by atoms with Crippen LogP contribution in [0.3, 0.4) is 0 Å². The fourth-order valence-electron chi connectivity index (χ4n) is 2.61. The Balaban J connectivity index is 0.00000338. The molecular weight excluding hydrogens is 348 g/mol. The molecule has 0 aliphatic carbocycles. The monoisotopic (exact) mass is 376 g/mol. The molecule has 2 atom stereocenters. The van der Waals surface area contributed by atoms with Gasteiger partial charge in [-0.1, -0.05) is 67.6 Å². The van der Waals surface area contributed by atoms with Crippen molar-refractivity contribution in [1.82, 2.24) is 5.32 Å². The van der Waals surface area contributed by atoms with Gasteiger partial charge in [0.05, 0.1) is 12.5 Å². The molecule has 26 heavy (non-hydrogen) atoms. The summed E-state index contributed by atoms with van der Waals surface area (Å²) in [6.07, 6.45) is 1.71. The van der Waals surface area contributed by atoms with E-state index in [0.717, 1.165) is 18.4 Å². The van der Waals surface area contributed by atoms with E-state index in [1.807, 2.05) is 55.5 Å². The molecule has 0 radical (unpaired) electrons. The molecule has 0 saturated heterocycles. The third kappa shape index (κ3) is 7.56. The molecule has 4 nitrogen and oxygen atoms in total. The molecule has 0 spiro atoms. The van der Waals surface area contributed by atoms with Crippen molar-refractivity contribution in [3.63, 3.8) is 0 Å². The van der Waals surface area contributed by atoms with E-state index in [4.69, 9.17) is 10.5 Å². The van der Waals surface area contributed by atoms with Crippen LogP contribution in [0.25, 0.3) is 0 Å². The zero-order valence-corrected chi connectivity index (χ0v) is 16.1. The lowest BCUT2D eigenvalue weighted by Crippen LogP contribution is -2.36. The number of amides is 1. The van der Waals surface area contributed by atoms with Gasteiger partial charge in [-0.25, -0.2) is 0 Å². The van der Waals surface area contributed by atoms with E-state index in [1.165, 1.54) is 5.56 Å². The third-order valence-corrected chi connectivity index (χ3v) is 4.28. The minimum atomic E-state index is -0.289. The van der Waals surface area contributed by atoms with Crippen molar-refractivity contribution in [2.24, 2.45) is 11.7 Å². The highest BCUT2D eigenvalue weighted by Gasteiger charge is 2.21. The number of nitrogens with one attached hydrogen (secondary N) is 1. The van der Waals surface area contributed by atoms with Crippen LogP contribution in [0, 0.1) is 5.92 Å². The summed E-state index contributed by atoms with van der Waals surface area (Å²) in [5.41, 5.74) is 8.44. The fraction of sp³-hybridized carbons (Fsp3) is 0.381. The van der Waals surface area contributed by atoms with Crippen LogP contribution in [0.1, 0.15) is 30.5 Å². The number of hydrogen-bond donors (Lipinski definition) is 2. The second-order valence-corrected chi connectivity index (χ2v) is 6.22. The number of halogens is 1. The van der Waals surface area contributed by atoms with Crippen LogP contribution in [-0.2, 0) is 16.0 Å². The van der Waals surface area contributed by atoms with Crippen molar-refractivity contribution in [1.29, 1.82) is 0 Å². The quantitative estimate of drug-likeness (QED) is 0.623. The second kappa shape index (κ2) is 12.5. The summed E-state index contributed by atoms with van der Waals surface area (Å²) in [6.45, 7) is 3.82. The van der Waals surface area contributed by atoms with E-state index >= 15 is 0 Å². The standard InChI is InChI=1S/C21H28N2O2.ClH/c1-17(20(22)19-11-6-3-7-12-19)21(24)23-14-8-15-25-16-13-18-9-4-2-5-10-18;/h2-7,9-12,17,20H,8,13-16,22H2,1H3,(H,23,24);1H.